The van der Waals surface area contributed by atoms with Gasteiger partial charge in [-0.05, 0) is 24.1 Å². The van der Waals surface area contributed by atoms with Gasteiger partial charge in [0, 0.05) is 23.3 Å². The fourth-order valence-electron chi connectivity index (χ4n) is 2.21. The Hall–Kier alpha value is -2.11. The molecule has 22 heavy (non-hydrogen) atoms. The van der Waals surface area contributed by atoms with Crippen molar-refractivity contribution in [2.24, 2.45) is 0 Å². The first-order valence-electron chi connectivity index (χ1n) is 6.87. The number of halogens is 1. The number of benzene rings is 1. The highest BCUT2D eigenvalue weighted by molar-refractivity contribution is 7.15. The van der Waals surface area contributed by atoms with Crippen LogP contribution in [0.25, 0.3) is 11.0 Å². The Kier molecular flexibility index (Phi) is 4.27. The number of hydrogen-bond donors (Lipinski definition) is 1. The van der Waals surface area contributed by atoms with Crippen LogP contribution in [0, 0.1) is 0 Å². The van der Waals surface area contributed by atoms with Gasteiger partial charge in [0.2, 0.25) is 5.91 Å². The number of carbonyl (C=O) groups is 1. The Morgan fingerprint density at radius 1 is 1.45 bits per heavy atom. The fraction of sp³-hybridized carbons (Fsp3) is 0.125. The van der Waals surface area contributed by atoms with Crippen LogP contribution in [-0.4, -0.2) is 15.3 Å². The molecule has 0 saturated carbocycles. The number of nitrogens with zero attached hydrogens (tertiary/aromatic N) is 2. The minimum atomic E-state index is -0.192. The Morgan fingerprint density at radius 2 is 2.27 bits per heavy atom. The molecule has 0 radical (unpaired) electrons. The van der Waals surface area contributed by atoms with Crippen molar-refractivity contribution in [1.29, 1.82) is 0 Å². The number of amides is 1. The molecule has 0 aliphatic rings. The van der Waals surface area contributed by atoms with E-state index in [1.807, 2.05) is 40.2 Å². The molecule has 0 fully saturated rings. The van der Waals surface area contributed by atoms with Crippen LogP contribution in [0.15, 0.2) is 41.9 Å². The highest BCUT2D eigenvalue weighted by Crippen LogP contribution is 2.22. The summed E-state index contributed by atoms with van der Waals surface area (Å²) in [5, 5.41) is 5.21. The van der Waals surface area contributed by atoms with E-state index in [1.54, 1.807) is 6.08 Å². The zero-order chi connectivity index (χ0) is 15.5. The van der Waals surface area contributed by atoms with Crippen LogP contribution in [0.3, 0.4) is 0 Å². The minimum Gasteiger partial charge on any atom is -0.322 e. The van der Waals surface area contributed by atoms with E-state index >= 15 is 0 Å². The molecule has 3 aromatic rings. The Morgan fingerprint density at radius 3 is 3.09 bits per heavy atom. The second-order valence-corrected chi connectivity index (χ2v) is 5.91. The molecule has 0 spiro atoms. The highest BCUT2D eigenvalue weighted by Gasteiger charge is 2.09. The summed E-state index contributed by atoms with van der Waals surface area (Å²) in [5.41, 5.74) is 2.64. The molecule has 0 unspecified atom stereocenters. The number of thiazole rings is 1. The number of para-hydroxylation sites is 1. The fourth-order valence-corrected chi connectivity index (χ4v) is 3.21. The van der Waals surface area contributed by atoms with E-state index in [-0.39, 0.29) is 5.91 Å². The number of rotatable bonds is 4. The Balaban J connectivity index is 1.79. The van der Waals surface area contributed by atoms with Crippen molar-refractivity contribution in [3.63, 3.8) is 0 Å². The summed E-state index contributed by atoms with van der Waals surface area (Å²) in [5.74, 6) is -0.192. The van der Waals surface area contributed by atoms with E-state index in [4.69, 9.17) is 11.6 Å². The number of carbonyl (C=O) groups excluding carboxylic acids is 1. The van der Waals surface area contributed by atoms with E-state index in [2.05, 4.69) is 17.2 Å². The summed E-state index contributed by atoms with van der Waals surface area (Å²) in [7, 11) is 0. The van der Waals surface area contributed by atoms with Gasteiger partial charge in [-0.25, -0.2) is 4.98 Å². The van der Waals surface area contributed by atoms with E-state index in [0.29, 0.717) is 10.8 Å². The number of nitrogens with one attached hydrogen (secondary N) is 1. The molecule has 6 heteroatoms. The summed E-state index contributed by atoms with van der Waals surface area (Å²) < 4.78 is 1.86. The quantitative estimate of drug-likeness (QED) is 0.726. The van der Waals surface area contributed by atoms with Crippen LogP contribution in [-0.2, 0) is 11.2 Å². The van der Waals surface area contributed by atoms with Crippen molar-refractivity contribution in [2.75, 3.05) is 5.32 Å². The third-order valence-corrected chi connectivity index (χ3v) is 4.34. The second-order valence-electron chi connectivity index (χ2n) is 4.68. The van der Waals surface area contributed by atoms with E-state index in [1.165, 1.54) is 17.4 Å². The SMILES string of the molecule is CCc1ccccc1NC(=O)/C=C/c1c(Cl)nc2sccn12. The van der Waals surface area contributed by atoms with Gasteiger partial charge in [-0.15, -0.1) is 11.3 Å². The van der Waals surface area contributed by atoms with Gasteiger partial charge in [-0.2, -0.15) is 0 Å². The maximum absolute atomic E-state index is 12.1. The Bertz CT molecular complexity index is 850. The predicted molar refractivity (Wildman–Crippen MR) is 91.6 cm³/mol. The van der Waals surface area contributed by atoms with Gasteiger partial charge >= 0.3 is 0 Å². The lowest BCUT2D eigenvalue weighted by molar-refractivity contribution is -0.111. The van der Waals surface area contributed by atoms with Gasteiger partial charge in [0.1, 0.15) is 0 Å². The van der Waals surface area contributed by atoms with Crippen molar-refractivity contribution in [1.82, 2.24) is 9.38 Å². The van der Waals surface area contributed by atoms with Crippen LogP contribution in [0.1, 0.15) is 18.2 Å². The minimum absolute atomic E-state index is 0.192. The van der Waals surface area contributed by atoms with Crippen LogP contribution < -0.4 is 5.32 Å². The summed E-state index contributed by atoms with van der Waals surface area (Å²) in [4.78, 5) is 17.1. The van der Waals surface area contributed by atoms with Crippen molar-refractivity contribution in [3.05, 3.63) is 58.3 Å². The van der Waals surface area contributed by atoms with E-state index < -0.39 is 0 Å². The number of imidazole rings is 1. The van der Waals surface area contributed by atoms with Crippen molar-refractivity contribution >= 4 is 45.6 Å². The standard InChI is InChI=1S/C16H14ClN3OS/c1-2-11-5-3-4-6-12(11)18-14(21)8-7-13-15(17)19-16-20(13)9-10-22-16/h3-10H,2H2,1H3,(H,18,21)/b8-7+. The molecule has 1 amide bonds. The van der Waals surface area contributed by atoms with E-state index in [0.717, 1.165) is 22.6 Å². The van der Waals surface area contributed by atoms with Crippen molar-refractivity contribution in [2.45, 2.75) is 13.3 Å². The zero-order valence-electron chi connectivity index (χ0n) is 11.9. The Labute approximate surface area is 137 Å². The number of hydrogen-bond acceptors (Lipinski definition) is 3. The lowest BCUT2D eigenvalue weighted by Crippen LogP contribution is -2.09. The first kappa shape index (κ1) is 14.8. The summed E-state index contributed by atoms with van der Waals surface area (Å²) in [6.45, 7) is 2.06. The van der Waals surface area contributed by atoms with Crippen molar-refractivity contribution < 1.29 is 4.79 Å². The van der Waals surface area contributed by atoms with Gasteiger partial charge in [-0.1, -0.05) is 36.7 Å². The lowest BCUT2D eigenvalue weighted by atomic mass is 10.1. The van der Waals surface area contributed by atoms with Crippen LogP contribution in [0.5, 0.6) is 0 Å². The van der Waals surface area contributed by atoms with Crippen LogP contribution in [0.2, 0.25) is 5.15 Å². The lowest BCUT2D eigenvalue weighted by Gasteiger charge is -2.07. The average Bonchev–Trinajstić information content (AvgIpc) is 3.06. The average molecular weight is 332 g/mol. The number of anilines is 1. The molecule has 0 aliphatic carbocycles. The summed E-state index contributed by atoms with van der Waals surface area (Å²) in [6.07, 6.45) is 5.89. The van der Waals surface area contributed by atoms with Gasteiger partial charge in [0.15, 0.2) is 10.1 Å². The molecular weight excluding hydrogens is 318 g/mol. The first-order valence-corrected chi connectivity index (χ1v) is 8.13. The highest BCUT2D eigenvalue weighted by atomic mass is 35.5. The molecular formula is C16H14ClN3OS. The molecule has 2 aromatic heterocycles. The monoisotopic (exact) mass is 331 g/mol. The second kappa shape index (κ2) is 6.34. The van der Waals surface area contributed by atoms with Gasteiger partial charge in [-0.3, -0.25) is 9.20 Å². The molecule has 0 atom stereocenters. The molecule has 4 nitrogen and oxygen atoms in total. The maximum atomic E-state index is 12.1. The molecule has 1 N–H and O–H groups in total. The summed E-state index contributed by atoms with van der Waals surface area (Å²) >= 11 is 7.59. The van der Waals surface area contributed by atoms with Crippen molar-refractivity contribution in [3.8, 4) is 0 Å². The molecule has 0 aliphatic heterocycles. The predicted octanol–water partition coefficient (Wildman–Crippen LogP) is 4.26. The van der Waals surface area contributed by atoms with Gasteiger partial charge in [0.25, 0.3) is 0 Å². The number of aromatic nitrogens is 2. The molecule has 112 valence electrons. The van der Waals surface area contributed by atoms with Gasteiger partial charge in [0.05, 0.1) is 5.69 Å². The largest absolute Gasteiger partial charge is 0.322 e. The smallest absolute Gasteiger partial charge is 0.248 e. The zero-order valence-corrected chi connectivity index (χ0v) is 13.5. The molecule has 3 rings (SSSR count). The molecule has 0 bridgehead atoms. The topological polar surface area (TPSA) is 46.4 Å². The third-order valence-electron chi connectivity index (χ3n) is 3.30. The normalized spacial score (nSPS) is 11.4. The van der Waals surface area contributed by atoms with E-state index in [9.17, 15) is 4.79 Å². The molecule has 1 aromatic carbocycles. The first-order chi connectivity index (χ1) is 10.7. The number of fused-ring (bicyclic) bond motifs is 1. The summed E-state index contributed by atoms with van der Waals surface area (Å²) in [6, 6.07) is 7.76. The molecule has 2 heterocycles. The van der Waals surface area contributed by atoms with Crippen LogP contribution >= 0.6 is 22.9 Å². The molecule has 0 saturated heterocycles. The third kappa shape index (κ3) is 2.91. The number of aryl methyl sites for hydroxylation is 1. The van der Waals surface area contributed by atoms with Gasteiger partial charge < -0.3 is 5.32 Å². The van der Waals surface area contributed by atoms with Crippen LogP contribution in [0.4, 0.5) is 5.69 Å². The maximum Gasteiger partial charge on any atom is 0.248 e.